The zero-order chi connectivity index (χ0) is 25.5. The van der Waals surface area contributed by atoms with E-state index < -0.39 is 29.5 Å². The fraction of sp³-hybridized carbons (Fsp3) is 0.435. The lowest BCUT2D eigenvalue weighted by atomic mass is 9.95. The molecule has 1 N–H and O–H groups in total. The highest BCUT2D eigenvalue weighted by Crippen LogP contribution is 2.40. The number of alkyl halides is 6. The molecule has 188 valence electrons. The number of halogens is 6. The number of hydrogen-bond donors (Lipinski definition) is 1. The van der Waals surface area contributed by atoms with E-state index in [1.165, 1.54) is 11.8 Å². The molecule has 1 atom stereocenters. The molecule has 0 unspecified atom stereocenters. The molecule has 0 saturated heterocycles. The lowest BCUT2D eigenvalue weighted by molar-refractivity contribution is -0.143. The van der Waals surface area contributed by atoms with Gasteiger partial charge in [0.1, 0.15) is 0 Å². The fourth-order valence-corrected chi connectivity index (χ4v) is 4.35. The molecule has 1 aliphatic heterocycles. The topological polar surface area (TPSA) is 58.9 Å². The van der Waals surface area contributed by atoms with Crippen molar-refractivity contribution < 1.29 is 26.3 Å². The van der Waals surface area contributed by atoms with Crippen molar-refractivity contribution in [2.45, 2.75) is 51.6 Å². The summed E-state index contributed by atoms with van der Waals surface area (Å²) in [6.07, 6.45) is -8.55. The van der Waals surface area contributed by atoms with Gasteiger partial charge in [0.25, 0.3) is 5.95 Å². The van der Waals surface area contributed by atoms with E-state index in [2.05, 4.69) is 20.7 Å². The van der Waals surface area contributed by atoms with Crippen LogP contribution in [-0.4, -0.2) is 26.8 Å². The van der Waals surface area contributed by atoms with Crippen LogP contribution in [-0.2, 0) is 25.9 Å². The van der Waals surface area contributed by atoms with Gasteiger partial charge in [-0.2, -0.15) is 31.1 Å². The van der Waals surface area contributed by atoms with Crippen molar-refractivity contribution in [1.29, 1.82) is 0 Å². The SMILES string of the molecule is Cc1ccc2c(c1C)NCCC[C@@H]2N(Cc1cc(C(F)(F)F)cc(C(F)(F)F)c1)c1nnn(C)n1. The maximum atomic E-state index is 13.5. The van der Waals surface area contributed by atoms with Gasteiger partial charge in [0.15, 0.2) is 0 Å². The van der Waals surface area contributed by atoms with Crippen molar-refractivity contribution in [3.63, 3.8) is 0 Å². The highest BCUT2D eigenvalue weighted by atomic mass is 19.4. The van der Waals surface area contributed by atoms with Crippen molar-refractivity contribution in [2.75, 3.05) is 16.8 Å². The molecule has 1 aliphatic rings. The molecule has 12 heteroatoms. The molecule has 6 nitrogen and oxygen atoms in total. The second kappa shape index (κ2) is 9.04. The van der Waals surface area contributed by atoms with Gasteiger partial charge < -0.3 is 10.2 Å². The minimum atomic E-state index is -4.93. The van der Waals surface area contributed by atoms with Gasteiger partial charge in [0.2, 0.25) is 0 Å². The Labute approximate surface area is 197 Å². The maximum Gasteiger partial charge on any atom is 0.416 e. The quantitative estimate of drug-likeness (QED) is 0.460. The lowest BCUT2D eigenvalue weighted by Crippen LogP contribution is -2.30. The Morgan fingerprint density at radius 3 is 2.26 bits per heavy atom. The molecule has 35 heavy (non-hydrogen) atoms. The van der Waals surface area contributed by atoms with Gasteiger partial charge in [-0.3, -0.25) is 0 Å². The van der Waals surface area contributed by atoms with Crippen molar-refractivity contribution >= 4 is 11.6 Å². The fourth-order valence-electron chi connectivity index (χ4n) is 4.35. The Morgan fingerprint density at radius 1 is 1.03 bits per heavy atom. The maximum absolute atomic E-state index is 13.5. The standard InChI is InChI=1S/C23H24F6N6/c1-13-6-7-18-19(5-4-8-30-20(18)14(13)2)35(21-31-33-34(3)32-21)12-15-9-16(22(24,25)26)11-17(10-15)23(27,28)29/h6-7,9-11,19,30H,4-5,8,12H2,1-3H3/t19-/m0/s1. The molecule has 0 spiro atoms. The molecule has 0 saturated carbocycles. The second-order valence-corrected chi connectivity index (χ2v) is 8.68. The number of benzene rings is 2. The minimum Gasteiger partial charge on any atom is -0.385 e. The zero-order valence-electron chi connectivity index (χ0n) is 19.3. The molecule has 0 amide bonds. The van der Waals surface area contributed by atoms with E-state index >= 15 is 0 Å². The molecular formula is C23H24F6N6. The van der Waals surface area contributed by atoms with Crippen LogP contribution in [0, 0.1) is 13.8 Å². The van der Waals surface area contributed by atoms with E-state index in [1.54, 1.807) is 4.90 Å². The van der Waals surface area contributed by atoms with E-state index in [4.69, 9.17) is 0 Å². The van der Waals surface area contributed by atoms with Gasteiger partial charge in [-0.25, -0.2) is 0 Å². The van der Waals surface area contributed by atoms with Gasteiger partial charge in [0.05, 0.1) is 24.2 Å². The third-order valence-corrected chi connectivity index (χ3v) is 6.21. The van der Waals surface area contributed by atoms with Gasteiger partial charge >= 0.3 is 12.4 Å². The van der Waals surface area contributed by atoms with Crippen LogP contribution < -0.4 is 10.2 Å². The average Bonchev–Trinajstić information content (AvgIpc) is 3.08. The average molecular weight is 498 g/mol. The summed E-state index contributed by atoms with van der Waals surface area (Å²) in [5.74, 6) is 0.120. The Kier molecular flexibility index (Phi) is 6.41. The van der Waals surface area contributed by atoms with E-state index in [0.29, 0.717) is 13.0 Å². The minimum absolute atomic E-state index is 0.120. The predicted octanol–water partition coefficient (Wildman–Crippen LogP) is 5.82. The van der Waals surface area contributed by atoms with Crippen LogP contribution in [0.3, 0.4) is 0 Å². The number of anilines is 2. The van der Waals surface area contributed by atoms with Crippen LogP contribution in [0.4, 0.5) is 38.0 Å². The second-order valence-electron chi connectivity index (χ2n) is 8.68. The number of aryl methyl sites for hydroxylation is 2. The molecular weight excluding hydrogens is 474 g/mol. The first-order valence-corrected chi connectivity index (χ1v) is 11.0. The monoisotopic (exact) mass is 498 g/mol. The highest BCUT2D eigenvalue weighted by molar-refractivity contribution is 5.63. The van der Waals surface area contributed by atoms with Crippen LogP contribution in [0.5, 0.6) is 0 Å². The largest absolute Gasteiger partial charge is 0.416 e. The van der Waals surface area contributed by atoms with Crippen LogP contribution >= 0.6 is 0 Å². The number of aromatic nitrogens is 4. The summed E-state index contributed by atoms with van der Waals surface area (Å²) in [4.78, 5) is 2.83. The lowest BCUT2D eigenvalue weighted by Gasteiger charge is -2.32. The van der Waals surface area contributed by atoms with E-state index in [1.807, 2.05) is 26.0 Å². The van der Waals surface area contributed by atoms with Crippen molar-refractivity contribution in [3.8, 4) is 0 Å². The number of nitrogens with one attached hydrogen (secondary N) is 1. The first-order chi connectivity index (χ1) is 16.3. The van der Waals surface area contributed by atoms with Gasteiger partial charge in [-0.15, -0.1) is 5.10 Å². The molecule has 0 bridgehead atoms. The van der Waals surface area contributed by atoms with Crippen molar-refractivity contribution in [2.24, 2.45) is 7.05 Å². The van der Waals surface area contributed by atoms with Crippen LogP contribution in [0.2, 0.25) is 0 Å². The number of tetrazole rings is 1. The van der Waals surface area contributed by atoms with E-state index in [9.17, 15) is 26.3 Å². The zero-order valence-corrected chi connectivity index (χ0v) is 19.3. The van der Waals surface area contributed by atoms with Gasteiger partial charge in [-0.05, 0) is 72.4 Å². The molecule has 1 aromatic heterocycles. The van der Waals surface area contributed by atoms with E-state index in [0.717, 1.165) is 40.9 Å². The number of fused-ring (bicyclic) bond motifs is 1. The summed E-state index contributed by atoms with van der Waals surface area (Å²) in [5, 5.41) is 15.5. The van der Waals surface area contributed by atoms with Crippen LogP contribution in [0.1, 0.15) is 52.3 Å². The molecule has 3 aromatic rings. The molecule has 0 radical (unpaired) electrons. The first kappa shape index (κ1) is 24.8. The van der Waals surface area contributed by atoms with E-state index in [-0.39, 0.29) is 24.1 Å². The predicted molar refractivity (Wildman–Crippen MR) is 118 cm³/mol. The summed E-state index contributed by atoms with van der Waals surface area (Å²) >= 11 is 0. The Balaban J connectivity index is 1.84. The third-order valence-electron chi connectivity index (χ3n) is 6.21. The number of hydrogen-bond acceptors (Lipinski definition) is 5. The molecule has 2 aromatic carbocycles. The molecule has 0 fully saturated rings. The van der Waals surface area contributed by atoms with Crippen LogP contribution in [0.15, 0.2) is 30.3 Å². The smallest absolute Gasteiger partial charge is 0.385 e. The first-order valence-electron chi connectivity index (χ1n) is 11.0. The van der Waals surface area contributed by atoms with Gasteiger partial charge in [-0.1, -0.05) is 17.2 Å². The Morgan fingerprint density at radius 2 is 1.69 bits per heavy atom. The number of nitrogens with zero attached hydrogens (tertiary/aromatic N) is 5. The third kappa shape index (κ3) is 5.20. The molecule has 0 aliphatic carbocycles. The van der Waals surface area contributed by atoms with Crippen LogP contribution in [0.25, 0.3) is 0 Å². The highest BCUT2D eigenvalue weighted by Gasteiger charge is 2.37. The summed E-state index contributed by atoms with van der Waals surface area (Å²) in [6, 6.07) is 5.10. The molecule has 2 heterocycles. The van der Waals surface area contributed by atoms with Crippen molar-refractivity contribution in [1.82, 2.24) is 20.2 Å². The summed E-state index contributed by atoms with van der Waals surface area (Å²) < 4.78 is 80.8. The van der Waals surface area contributed by atoms with Gasteiger partial charge in [0, 0.05) is 18.8 Å². The normalized spacial score (nSPS) is 16.4. The Bertz CT molecular complexity index is 1180. The van der Waals surface area contributed by atoms with Crippen molar-refractivity contribution in [3.05, 3.63) is 63.7 Å². The summed E-state index contributed by atoms with van der Waals surface area (Å²) in [5.41, 5.74) is 1.01. The molecule has 4 rings (SSSR count). The number of rotatable bonds is 4. The Hall–Kier alpha value is -3.31. The summed E-state index contributed by atoms with van der Waals surface area (Å²) in [7, 11) is 1.54. The summed E-state index contributed by atoms with van der Waals surface area (Å²) in [6.45, 7) is 4.35.